The molecule has 1 aromatic carbocycles. The molecule has 0 heterocycles. The summed E-state index contributed by atoms with van der Waals surface area (Å²) >= 11 is 5.77. The first-order chi connectivity index (χ1) is 5.72. The minimum absolute atomic E-state index is 0.804. The summed E-state index contributed by atoms with van der Waals surface area (Å²) < 4.78 is 0. The highest BCUT2D eigenvalue weighted by molar-refractivity contribution is 6.30. The smallest absolute Gasteiger partial charge is 0.0406 e. The molecule has 66 valence electrons. The minimum atomic E-state index is 0.804. The first kappa shape index (κ1) is 9.56. The van der Waals surface area contributed by atoms with Crippen molar-refractivity contribution in [2.75, 3.05) is 13.6 Å². The lowest BCUT2D eigenvalue weighted by Crippen LogP contribution is -2.16. The first-order valence-corrected chi connectivity index (χ1v) is 4.53. The summed E-state index contributed by atoms with van der Waals surface area (Å²) in [5.41, 5.74) is 1.31. The molecule has 1 nitrogen and oxygen atoms in total. The third-order valence-electron chi connectivity index (χ3n) is 1.91. The number of rotatable bonds is 3. The van der Waals surface area contributed by atoms with Crippen LogP contribution in [-0.2, 0) is 6.54 Å². The van der Waals surface area contributed by atoms with Gasteiger partial charge in [-0.15, -0.1) is 0 Å². The van der Waals surface area contributed by atoms with Crippen molar-refractivity contribution in [2.45, 2.75) is 13.5 Å². The summed E-state index contributed by atoms with van der Waals surface area (Å²) in [6.07, 6.45) is 0. The molecule has 0 saturated heterocycles. The molecule has 0 aliphatic carbocycles. The van der Waals surface area contributed by atoms with E-state index in [0.29, 0.717) is 0 Å². The van der Waals surface area contributed by atoms with Gasteiger partial charge in [-0.2, -0.15) is 0 Å². The maximum Gasteiger partial charge on any atom is 0.0406 e. The van der Waals surface area contributed by atoms with Crippen LogP contribution >= 0.6 is 11.6 Å². The second kappa shape index (κ2) is 4.48. The highest BCUT2D eigenvalue weighted by atomic mass is 35.5. The van der Waals surface area contributed by atoms with Gasteiger partial charge in [0.05, 0.1) is 0 Å². The van der Waals surface area contributed by atoms with Gasteiger partial charge in [-0.25, -0.2) is 0 Å². The van der Waals surface area contributed by atoms with E-state index in [4.69, 9.17) is 11.6 Å². The van der Waals surface area contributed by atoms with Crippen LogP contribution in [0.25, 0.3) is 0 Å². The maximum absolute atomic E-state index is 5.77. The number of hydrogen-bond acceptors (Lipinski definition) is 1. The molecule has 0 amide bonds. The molecule has 0 spiro atoms. The molecule has 0 unspecified atom stereocenters. The van der Waals surface area contributed by atoms with Gasteiger partial charge in [0.1, 0.15) is 0 Å². The number of nitrogens with zero attached hydrogens (tertiary/aromatic N) is 1. The number of benzene rings is 1. The molecule has 12 heavy (non-hydrogen) atoms. The zero-order valence-corrected chi connectivity index (χ0v) is 8.30. The second-order valence-electron chi connectivity index (χ2n) is 2.96. The molecule has 0 bridgehead atoms. The van der Waals surface area contributed by atoms with Crippen molar-refractivity contribution in [3.63, 3.8) is 0 Å². The van der Waals surface area contributed by atoms with Gasteiger partial charge in [-0.1, -0.05) is 30.7 Å². The van der Waals surface area contributed by atoms with Gasteiger partial charge >= 0.3 is 0 Å². The Bertz CT molecular complexity index is 230. The molecule has 0 aliphatic heterocycles. The average Bonchev–Trinajstić information content (AvgIpc) is 2.09. The monoisotopic (exact) mass is 183 g/mol. The highest BCUT2D eigenvalue weighted by Gasteiger charge is 1.96. The van der Waals surface area contributed by atoms with Crippen molar-refractivity contribution in [2.24, 2.45) is 0 Å². The van der Waals surface area contributed by atoms with Crippen molar-refractivity contribution >= 4 is 11.6 Å². The minimum Gasteiger partial charge on any atom is -0.302 e. The van der Waals surface area contributed by atoms with Gasteiger partial charge in [0.25, 0.3) is 0 Å². The number of hydrogen-bond donors (Lipinski definition) is 0. The summed E-state index contributed by atoms with van der Waals surface area (Å²) in [7, 11) is 2.11. The van der Waals surface area contributed by atoms with E-state index in [-0.39, 0.29) is 0 Å². The third kappa shape index (κ3) is 2.84. The lowest BCUT2D eigenvalue weighted by atomic mass is 10.2. The lowest BCUT2D eigenvalue weighted by Gasteiger charge is -2.13. The summed E-state index contributed by atoms with van der Waals surface area (Å²) in [6, 6.07) is 7.99. The Balaban J connectivity index is 2.58. The number of halogens is 1. The maximum atomic E-state index is 5.77. The van der Waals surface area contributed by atoms with Crippen LogP contribution in [-0.4, -0.2) is 18.5 Å². The third-order valence-corrected chi connectivity index (χ3v) is 2.16. The highest BCUT2D eigenvalue weighted by Crippen LogP contribution is 2.10. The summed E-state index contributed by atoms with van der Waals surface area (Å²) in [4.78, 5) is 2.25. The van der Waals surface area contributed by atoms with Crippen LogP contribution in [0, 0.1) is 0 Å². The van der Waals surface area contributed by atoms with E-state index in [0.717, 1.165) is 18.1 Å². The van der Waals surface area contributed by atoms with Crippen molar-refractivity contribution in [3.05, 3.63) is 34.9 Å². The zero-order valence-electron chi connectivity index (χ0n) is 7.55. The van der Waals surface area contributed by atoms with Crippen LogP contribution in [0.4, 0.5) is 0 Å². The molecular weight excluding hydrogens is 170 g/mol. The van der Waals surface area contributed by atoms with Gasteiger partial charge in [0, 0.05) is 11.6 Å². The molecule has 1 aromatic rings. The molecular formula is C10H14ClN. The van der Waals surface area contributed by atoms with E-state index in [1.54, 1.807) is 0 Å². The Kier molecular flexibility index (Phi) is 3.57. The molecule has 0 atom stereocenters. The van der Waals surface area contributed by atoms with Gasteiger partial charge < -0.3 is 4.90 Å². The molecule has 0 radical (unpaired) electrons. The van der Waals surface area contributed by atoms with Gasteiger partial charge in [0.15, 0.2) is 0 Å². The molecule has 2 heteroatoms. The van der Waals surface area contributed by atoms with Crippen molar-refractivity contribution in [1.82, 2.24) is 4.90 Å². The molecule has 0 N–H and O–H groups in total. The molecule has 0 aromatic heterocycles. The molecule has 0 saturated carbocycles. The Morgan fingerprint density at radius 3 is 2.33 bits per heavy atom. The van der Waals surface area contributed by atoms with E-state index in [1.165, 1.54) is 5.56 Å². The fourth-order valence-electron chi connectivity index (χ4n) is 1.01. The average molecular weight is 184 g/mol. The predicted molar refractivity (Wildman–Crippen MR) is 53.5 cm³/mol. The largest absolute Gasteiger partial charge is 0.302 e. The topological polar surface area (TPSA) is 3.24 Å². The van der Waals surface area contributed by atoms with Crippen molar-refractivity contribution in [3.8, 4) is 0 Å². The van der Waals surface area contributed by atoms with Gasteiger partial charge in [-0.05, 0) is 31.3 Å². The SMILES string of the molecule is CCN(C)Cc1ccc(Cl)cc1. The fraction of sp³-hybridized carbons (Fsp3) is 0.400. The van der Waals surface area contributed by atoms with Gasteiger partial charge in [-0.3, -0.25) is 0 Å². The first-order valence-electron chi connectivity index (χ1n) is 4.15. The van der Waals surface area contributed by atoms with E-state index in [2.05, 4.69) is 31.0 Å². The lowest BCUT2D eigenvalue weighted by molar-refractivity contribution is 0.346. The van der Waals surface area contributed by atoms with Crippen LogP contribution in [0.3, 0.4) is 0 Å². The Labute approximate surface area is 79.0 Å². The normalized spacial score (nSPS) is 10.7. The summed E-state index contributed by atoms with van der Waals surface area (Å²) in [5, 5.41) is 0.804. The Morgan fingerprint density at radius 2 is 1.83 bits per heavy atom. The van der Waals surface area contributed by atoms with Crippen LogP contribution < -0.4 is 0 Å². The predicted octanol–water partition coefficient (Wildman–Crippen LogP) is 2.79. The molecule has 1 rings (SSSR count). The Morgan fingerprint density at radius 1 is 1.25 bits per heavy atom. The molecule has 0 aliphatic rings. The summed E-state index contributed by atoms with van der Waals surface area (Å²) in [5.74, 6) is 0. The van der Waals surface area contributed by atoms with E-state index in [1.807, 2.05) is 12.1 Å². The van der Waals surface area contributed by atoms with Crippen molar-refractivity contribution < 1.29 is 0 Å². The quantitative estimate of drug-likeness (QED) is 0.697. The van der Waals surface area contributed by atoms with Crippen LogP contribution in [0.5, 0.6) is 0 Å². The van der Waals surface area contributed by atoms with Crippen molar-refractivity contribution in [1.29, 1.82) is 0 Å². The standard InChI is InChI=1S/C10H14ClN/c1-3-12(2)8-9-4-6-10(11)7-5-9/h4-7H,3,8H2,1-2H3. The van der Waals surface area contributed by atoms with E-state index < -0.39 is 0 Å². The van der Waals surface area contributed by atoms with E-state index in [9.17, 15) is 0 Å². The zero-order chi connectivity index (χ0) is 8.97. The second-order valence-corrected chi connectivity index (χ2v) is 3.39. The van der Waals surface area contributed by atoms with Crippen LogP contribution in [0.1, 0.15) is 12.5 Å². The van der Waals surface area contributed by atoms with Crippen LogP contribution in [0.15, 0.2) is 24.3 Å². The Hall–Kier alpha value is -0.530. The summed E-state index contributed by atoms with van der Waals surface area (Å²) in [6.45, 7) is 4.21. The van der Waals surface area contributed by atoms with Crippen LogP contribution in [0.2, 0.25) is 5.02 Å². The fourth-order valence-corrected chi connectivity index (χ4v) is 1.14. The van der Waals surface area contributed by atoms with Gasteiger partial charge in [0.2, 0.25) is 0 Å². The van der Waals surface area contributed by atoms with E-state index >= 15 is 0 Å². The molecule has 0 fully saturated rings.